The van der Waals surface area contributed by atoms with Crippen molar-refractivity contribution in [1.29, 1.82) is 0 Å². The first kappa shape index (κ1) is 54.9. The molecule has 0 amide bonds. The molecule has 9 heteroatoms. The van der Waals surface area contributed by atoms with Crippen LogP contribution in [0.5, 0.6) is 0 Å². The van der Waals surface area contributed by atoms with E-state index in [1.54, 1.807) is 0 Å². The van der Waals surface area contributed by atoms with Crippen molar-refractivity contribution in [3.8, 4) is 0 Å². The van der Waals surface area contributed by atoms with Crippen LogP contribution in [0.4, 0.5) is 0 Å². The number of unbranched alkanes of at least 4 members (excludes halogenated alkanes) is 15. The fraction of sp³-hybridized carbons (Fsp3) is 0.729. The van der Waals surface area contributed by atoms with Crippen molar-refractivity contribution in [2.45, 2.75) is 174 Å². The molecule has 0 saturated heterocycles. The van der Waals surface area contributed by atoms with Gasteiger partial charge in [-0.05, 0) is 77.0 Å². The molecule has 57 heavy (non-hydrogen) atoms. The van der Waals surface area contributed by atoms with Crippen LogP contribution in [0, 0.1) is 0 Å². The van der Waals surface area contributed by atoms with Gasteiger partial charge >= 0.3 is 13.8 Å². The van der Waals surface area contributed by atoms with Crippen molar-refractivity contribution in [2.75, 3.05) is 54.1 Å². The zero-order chi connectivity index (χ0) is 42.0. The Bertz CT molecular complexity index is 1140. The molecule has 0 spiro atoms. The number of phosphoric acid groups is 1. The molecule has 0 heterocycles. The maximum atomic E-state index is 12.7. The fourth-order valence-corrected chi connectivity index (χ4v) is 6.50. The maximum absolute atomic E-state index is 12.7. The second-order valence-electron chi connectivity index (χ2n) is 16.0. The highest BCUT2D eigenvalue weighted by molar-refractivity contribution is 7.47. The summed E-state index contributed by atoms with van der Waals surface area (Å²) in [5, 5.41) is 0. The van der Waals surface area contributed by atoms with Gasteiger partial charge in [-0.2, -0.15) is 0 Å². The minimum Gasteiger partial charge on any atom is -0.457 e. The molecule has 0 aliphatic carbocycles. The number of nitrogens with zero attached hydrogens (tertiary/aromatic N) is 1. The van der Waals surface area contributed by atoms with Gasteiger partial charge in [0.1, 0.15) is 19.3 Å². The van der Waals surface area contributed by atoms with E-state index in [1.807, 2.05) is 21.1 Å². The standard InChI is InChI=1S/C48H86NO7P/c1-6-8-10-12-14-16-18-20-22-23-24-25-26-27-28-29-31-33-35-37-39-41-48(50)56-47(46-55-57(51,52)54-44-42-49(3,4)5)45-53-43-40-38-36-34-32-30-21-19-17-15-13-11-9-7-2/h8,10-11,13-14,16-17,19-20,22,24-25,47H,6-7,9,12,15,18,21,23,26-46H2,1-5H3/p+1/b10-8-,13-11-,16-14-,19-17-,22-20-,25-24-. The van der Waals surface area contributed by atoms with Gasteiger partial charge in [0.2, 0.25) is 0 Å². The lowest BCUT2D eigenvalue weighted by molar-refractivity contribution is -0.870. The summed E-state index contributed by atoms with van der Waals surface area (Å²) in [6.07, 6.45) is 52.2. The van der Waals surface area contributed by atoms with Gasteiger partial charge in [0.25, 0.3) is 0 Å². The van der Waals surface area contributed by atoms with E-state index in [2.05, 4.69) is 86.8 Å². The Kier molecular flexibility index (Phi) is 39.2. The Morgan fingerprint density at radius 3 is 1.53 bits per heavy atom. The van der Waals surface area contributed by atoms with Crippen LogP contribution in [0.25, 0.3) is 0 Å². The number of phosphoric ester groups is 1. The Labute approximate surface area is 351 Å². The number of esters is 1. The monoisotopic (exact) mass is 821 g/mol. The van der Waals surface area contributed by atoms with Gasteiger partial charge in [-0.1, -0.05) is 157 Å². The molecule has 0 rings (SSSR count). The number of ether oxygens (including phenoxy) is 2. The van der Waals surface area contributed by atoms with Crippen molar-refractivity contribution < 1.29 is 37.3 Å². The van der Waals surface area contributed by atoms with Crippen molar-refractivity contribution in [3.63, 3.8) is 0 Å². The fourth-order valence-electron chi connectivity index (χ4n) is 5.76. The molecule has 2 atom stereocenters. The second kappa shape index (κ2) is 40.7. The van der Waals surface area contributed by atoms with Crippen LogP contribution in [0.3, 0.4) is 0 Å². The molecule has 0 aromatic rings. The minimum absolute atomic E-state index is 0.0810. The predicted octanol–water partition coefficient (Wildman–Crippen LogP) is 13.5. The van der Waals surface area contributed by atoms with Crippen molar-refractivity contribution in [1.82, 2.24) is 0 Å². The molecule has 0 aliphatic heterocycles. The molecule has 0 aromatic heterocycles. The summed E-state index contributed by atoms with van der Waals surface area (Å²) in [5.74, 6) is -0.329. The third kappa shape index (κ3) is 44.9. The molecular formula is C48H87NO7P+. The summed E-state index contributed by atoms with van der Waals surface area (Å²) in [5.41, 5.74) is 0. The van der Waals surface area contributed by atoms with Crippen LogP contribution in [-0.2, 0) is 27.9 Å². The summed E-state index contributed by atoms with van der Waals surface area (Å²) < 4.78 is 35.0. The number of carbonyl (C=O) groups is 1. The van der Waals surface area contributed by atoms with Gasteiger partial charge in [-0.25, -0.2) is 4.57 Å². The molecule has 330 valence electrons. The number of rotatable bonds is 41. The van der Waals surface area contributed by atoms with Gasteiger partial charge in [-0.3, -0.25) is 13.8 Å². The average molecular weight is 821 g/mol. The summed E-state index contributed by atoms with van der Waals surface area (Å²) in [6.45, 7) is 5.40. The first-order chi connectivity index (χ1) is 27.6. The van der Waals surface area contributed by atoms with Gasteiger partial charge in [0.05, 0.1) is 34.4 Å². The van der Waals surface area contributed by atoms with Crippen LogP contribution >= 0.6 is 7.82 Å². The molecule has 0 aliphatic rings. The highest BCUT2D eigenvalue weighted by Crippen LogP contribution is 2.43. The highest BCUT2D eigenvalue weighted by atomic mass is 31.2. The lowest BCUT2D eigenvalue weighted by Crippen LogP contribution is -2.37. The zero-order valence-corrected chi connectivity index (χ0v) is 38.2. The van der Waals surface area contributed by atoms with E-state index in [0.29, 0.717) is 24.1 Å². The number of likely N-dealkylation sites (N-methyl/N-ethyl adjacent to an activating group) is 1. The Morgan fingerprint density at radius 1 is 0.561 bits per heavy atom. The van der Waals surface area contributed by atoms with Crippen LogP contribution in [0.1, 0.15) is 168 Å². The van der Waals surface area contributed by atoms with Gasteiger partial charge in [0.15, 0.2) is 0 Å². The van der Waals surface area contributed by atoms with E-state index >= 15 is 0 Å². The molecule has 0 aromatic carbocycles. The predicted molar refractivity (Wildman–Crippen MR) is 242 cm³/mol. The number of hydrogen-bond acceptors (Lipinski definition) is 6. The van der Waals surface area contributed by atoms with Crippen molar-refractivity contribution in [3.05, 3.63) is 72.9 Å². The summed E-state index contributed by atoms with van der Waals surface area (Å²) in [4.78, 5) is 22.9. The van der Waals surface area contributed by atoms with Gasteiger partial charge in [-0.15, -0.1) is 0 Å². The normalized spacial score (nSPS) is 14.4. The lowest BCUT2D eigenvalue weighted by Gasteiger charge is -2.24. The molecular weight excluding hydrogens is 734 g/mol. The van der Waals surface area contributed by atoms with Crippen LogP contribution in [0.15, 0.2) is 72.9 Å². The maximum Gasteiger partial charge on any atom is 0.472 e. The van der Waals surface area contributed by atoms with E-state index in [1.165, 1.54) is 64.2 Å². The van der Waals surface area contributed by atoms with Crippen LogP contribution in [0.2, 0.25) is 0 Å². The number of allylic oxidation sites excluding steroid dienone is 12. The molecule has 2 unspecified atom stereocenters. The topological polar surface area (TPSA) is 91.3 Å². The van der Waals surface area contributed by atoms with E-state index in [4.69, 9.17) is 18.5 Å². The number of hydrogen-bond donors (Lipinski definition) is 1. The van der Waals surface area contributed by atoms with Gasteiger partial charge < -0.3 is 18.9 Å². The van der Waals surface area contributed by atoms with Crippen molar-refractivity contribution in [2.24, 2.45) is 0 Å². The molecule has 0 bridgehead atoms. The van der Waals surface area contributed by atoms with E-state index in [9.17, 15) is 14.3 Å². The summed E-state index contributed by atoms with van der Waals surface area (Å²) in [7, 11) is 1.64. The molecule has 0 fully saturated rings. The second-order valence-corrected chi connectivity index (χ2v) is 17.5. The first-order valence-electron chi connectivity index (χ1n) is 22.7. The van der Waals surface area contributed by atoms with Crippen LogP contribution in [-0.4, -0.2) is 75.6 Å². The SMILES string of the molecule is CC/C=C\C/C=C\C/C=C\C/C=C\CCCCCCCCCCC(=O)OC(COCCCCCCCC/C=C\C/C=C\CCC)COP(=O)(O)OCC[N+](C)(C)C. The average Bonchev–Trinajstić information content (AvgIpc) is 3.16. The molecule has 0 saturated carbocycles. The minimum atomic E-state index is -4.28. The van der Waals surface area contributed by atoms with E-state index < -0.39 is 13.9 Å². The summed E-state index contributed by atoms with van der Waals surface area (Å²) >= 11 is 0. The Hall–Kier alpha value is -2.06. The summed E-state index contributed by atoms with van der Waals surface area (Å²) in [6, 6.07) is 0. The van der Waals surface area contributed by atoms with E-state index in [0.717, 1.165) is 83.5 Å². The Morgan fingerprint density at radius 2 is 1.02 bits per heavy atom. The number of carbonyl (C=O) groups excluding carboxylic acids is 1. The largest absolute Gasteiger partial charge is 0.472 e. The lowest BCUT2D eigenvalue weighted by atomic mass is 10.1. The third-order valence-corrected chi connectivity index (χ3v) is 10.2. The smallest absolute Gasteiger partial charge is 0.457 e. The molecule has 0 radical (unpaired) electrons. The van der Waals surface area contributed by atoms with Crippen molar-refractivity contribution >= 4 is 13.8 Å². The van der Waals surface area contributed by atoms with E-state index in [-0.39, 0.29) is 25.8 Å². The quantitative estimate of drug-likeness (QED) is 0.0216. The highest BCUT2D eigenvalue weighted by Gasteiger charge is 2.26. The number of quaternary nitrogens is 1. The first-order valence-corrected chi connectivity index (χ1v) is 24.2. The molecule has 8 nitrogen and oxygen atoms in total. The molecule has 1 N–H and O–H groups in total. The third-order valence-electron chi connectivity index (χ3n) is 9.23. The van der Waals surface area contributed by atoms with Gasteiger partial charge in [0, 0.05) is 13.0 Å². The van der Waals surface area contributed by atoms with Crippen LogP contribution < -0.4 is 0 Å². The zero-order valence-electron chi connectivity index (χ0n) is 37.3. The Balaban J connectivity index is 4.24.